The van der Waals surface area contributed by atoms with E-state index in [0.717, 1.165) is 25.7 Å². The van der Waals surface area contributed by atoms with Crippen molar-refractivity contribution in [3.8, 4) is 0 Å². The second kappa shape index (κ2) is 16.8. The lowest BCUT2D eigenvalue weighted by molar-refractivity contribution is -0.137. The molecule has 0 rings (SSSR count). The molecule has 0 saturated heterocycles. The van der Waals surface area contributed by atoms with E-state index in [1.807, 2.05) is 7.11 Å². The van der Waals surface area contributed by atoms with Crippen molar-refractivity contribution in [3.63, 3.8) is 0 Å². The van der Waals surface area contributed by atoms with Gasteiger partial charge in [0.25, 0.3) is 0 Å². The third kappa shape index (κ3) is 15.8. The first kappa shape index (κ1) is 21.4. The third-order valence-corrected chi connectivity index (χ3v) is 4.38. The van der Waals surface area contributed by atoms with E-state index in [9.17, 15) is 4.79 Å². The Balaban J connectivity index is 3.34. The van der Waals surface area contributed by atoms with E-state index < -0.39 is 5.97 Å². The minimum Gasteiger partial charge on any atom is -0.481 e. The average molecular weight is 315 g/mol. The second-order valence-corrected chi connectivity index (χ2v) is 6.47. The molecule has 0 fully saturated rings. The molecule has 0 heterocycles. The lowest BCUT2D eigenvalue weighted by Gasteiger charge is -2.15. The van der Waals surface area contributed by atoms with Gasteiger partial charge >= 0.3 is 5.97 Å². The summed E-state index contributed by atoms with van der Waals surface area (Å²) in [5.74, 6) is -0.672. The zero-order valence-corrected chi connectivity index (χ0v) is 14.9. The standard InChI is InChI=1S/C19H38O3/c1-3-4-5-6-7-9-12-15-18(22-2)16-13-10-8-11-14-17-19(20)21/h18H,3-17H2,1-2H3,(H,20,21). The molecule has 3 heteroatoms. The molecule has 22 heavy (non-hydrogen) atoms. The molecule has 0 radical (unpaired) electrons. The molecule has 1 atom stereocenters. The summed E-state index contributed by atoms with van der Waals surface area (Å²) in [7, 11) is 1.83. The predicted molar refractivity (Wildman–Crippen MR) is 93.4 cm³/mol. The van der Waals surface area contributed by atoms with Crippen LogP contribution in [0.1, 0.15) is 103 Å². The Labute approximate surface area is 137 Å². The van der Waals surface area contributed by atoms with Crippen molar-refractivity contribution in [2.75, 3.05) is 7.11 Å². The topological polar surface area (TPSA) is 46.5 Å². The van der Waals surface area contributed by atoms with E-state index in [2.05, 4.69) is 6.92 Å². The minimum absolute atomic E-state index is 0.318. The minimum atomic E-state index is -0.672. The van der Waals surface area contributed by atoms with Gasteiger partial charge in [-0.05, 0) is 19.3 Å². The quantitative estimate of drug-likeness (QED) is 0.337. The average Bonchev–Trinajstić information content (AvgIpc) is 2.50. The van der Waals surface area contributed by atoms with E-state index in [-0.39, 0.29) is 0 Å². The van der Waals surface area contributed by atoms with Gasteiger partial charge in [-0.15, -0.1) is 0 Å². The molecule has 1 unspecified atom stereocenters. The maximum atomic E-state index is 10.4. The summed E-state index contributed by atoms with van der Waals surface area (Å²) in [6, 6.07) is 0. The number of carbonyl (C=O) groups is 1. The van der Waals surface area contributed by atoms with Crippen molar-refractivity contribution in [2.45, 2.75) is 109 Å². The molecule has 0 bridgehead atoms. The Morgan fingerprint density at radius 3 is 1.73 bits per heavy atom. The Morgan fingerprint density at radius 1 is 0.818 bits per heavy atom. The Morgan fingerprint density at radius 2 is 1.27 bits per heavy atom. The lowest BCUT2D eigenvalue weighted by atomic mass is 10.0. The molecule has 132 valence electrons. The fourth-order valence-corrected chi connectivity index (χ4v) is 2.89. The molecule has 0 aromatic carbocycles. The fraction of sp³-hybridized carbons (Fsp3) is 0.947. The van der Waals surface area contributed by atoms with E-state index in [1.54, 1.807) is 0 Å². The van der Waals surface area contributed by atoms with Gasteiger partial charge in [0.15, 0.2) is 0 Å². The van der Waals surface area contributed by atoms with Crippen LogP contribution in [-0.2, 0) is 9.53 Å². The first-order valence-electron chi connectivity index (χ1n) is 9.45. The van der Waals surface area contributed by atoms with Crippen molar-refractivity contribution in [1.29, 1.82) is 0 Å². The fourth-order valence-electron chi connectivity index (χ4n) is 2.89. The van der Waals surface area contributed by atoms with Gasteiger partial charge in [0, 0.05) is 13.5 Å². The zero-order valence-electron chi connectivity index (χ0n) is 14.9. The number of aliphatic carboxylic acids is 1. The van der Waals surface area contributed by atoms with Crippen LogP contribution >= 0.6 is 0 Å². The molecule has 0 aliphatic heterocycles. The van der Waals surface area contributed by atoms with Gasteiger partial charge in [-0.1, -0.05) is 77.6 Å². The molecule has 0 aliphatic rings. The maximum Gasteiger partial charge on any atom is 0.303 e. The maximum absolute atomic E-state index is 10.4. The van der Waals surface area contributed by atoms with Gasteiger partial charge in [-0.2, -0.15) is 0 Å². The number of methoxy groups -OCH3 is 1. The van der Waals surface area contributed by atoms with Crippen molar-refractivity contribution in [1.82, 2.24) is 0 Å². The van der Waals surface area contributed by atoms with Crippen LogP contribution < -0.4 is 0 Å². The molecule has 0 saturated carbocycles. The summed E-state index contributed by atoms with van der Waals surface area (Å²) in [5.41, 5.74) is 0. The number of rotatable bonds is 17. The van der Waals surface area contributed by atoms with Gasteiger partial charge in [-0.25, -0.2) is 0 Å². The molecule has 0 amide bonds. The molecular weight excluding hydrogens is 276 g/mol. The zero-order chi connectivity index (χ0) is 16.5. The lowest BCUT2D eigenvalue weighted by Crippen LogP contribution is -2.10. The first-order chi connectivity index (χ1) is 10.7. The highest BCUT2D eigenvalue weighted by atomic mass is 16.5. The molecule has 1 N–H and O–H groups in total. The Bertz CT molecular complexity index is 241. The Kier molecular flexibility index (Phi) is 16.4. The van der Waals surface area contributed by atoms with Gasteiger partial charge in [0.2, 0.25) is 0 Å². The third-order valence-electron chi connectivity index (χ3n) is 4.38. The summed E-state index contributed by atoms with van der Waals surface area (Å²) in [4.78, 5) is 10.4. The van der Waals surface area contributed by atoms with Gasteiger partial charge in [0.1, 0.15) is 0 Å². The van der Waals surface area contributed by atoms with Crippen molar-refractivity contribution < 1.29 is 14.6 Å². The number of hydrogen-bond acceptors (Lipinski definition) is 2. The van der Waals surface area contributed by atoms with Crippen LogP contribution in [0.3, 0.4) is 0 Å². The van der Waals surface area contributed by atoms with E-state index in [0.29, 0.717) is 12.5 Å². The van der Waals surface area contributed by atoms with E-state index >= 15 is 0 Å². The van der Waals surface area contributed by atoms with Crippen LogP contribution in [0.25, 0.3) is 0 Å². The monoisotopic (exact) mass is 314 g/mol. The van der Waals surface area contributed by atoms with Crippen LogP contribution in [0.4, 0.5) is 0 Å². The van der Waals surface area contributed by atoms with Crippen LogP contribution in [0.15, 0.2) is 0 Å². The molecule has 3 nitrogen and oxygen atoms in total. The number of hydrogen-bond donors (Lipinski definition) is 1. The number of ether oxygens (including phenoxy) is 1. The van der Waals surface area contributed by atoms with E-state index in [1.165, 1.54) is 64.2 Å². The van der Waals surface area contributed by atoms with Crippen molar-refractivity contribution in [3.05, 3.63) is 0 Å². The molecule has 0 aromatic rings. The highest BCUT2D eigenvalue weighted by Gasteiger charge is 2.06. The smallest absolute Gasteiger partial charge is 0.303 e. The van der Waals surface area contributed by atoms with Crippen LogP contribution in [0.2, 0.25) is 0 Å². The Hall–Kier alpha value is -0.570. The van der Waals surface area contributed by atoms with E-state index in [4.69, 9.17) is 9.84 Å². The van der Waals surface area contributed by atoms with Crippen molar-refractivity contribution >= 4 is 5.97 Å². The van der Waals surface area contributed by atoms with Crippen LogP contribution in [0.5, 0.6) is 0 Å². The summed E-state index contributed by atoms with van der Waals surface area (Å²) in [5, 5.41) is 8.57. The van der Waals surface area contributed by atoms with Gasteiger partial charge in [-0.3, -0.25) is 4.79 Å². The molecule has 0 aromatic heterocycles. The highest BCUT2D eigenvalue weighted by Crippen LogP contribution is 2.16. The number of carboxylic acids is 1. The number of carboxylic acid groups (broad SMARTS) is 1. The van der Waals surface area contributed by atoms with Gasteiger partial charge < -0.3 is 9.84 Å². The van der Waals surface area contributed by atoms with Gasteiger partial charge in [0.05, 0.1) is 6.10 Å². The van der Waals surface area contributed by atoms with Crippen LogP contribution in [-0.4, -0.2) is 24.3 Å². The van der Waals surface area contributed by atoms with Crippen molar-refractivity contribution in [2.24, 2.45) is 0 Å². The summed E-state index contributed by atoms with van der Waals surface area (Å²) < 4.78 is 5.58. The predicted octanol–water partition coefficient (Wildman–Crippen LogP) is 5.96. The highest BCUT2D eigenvalue weighted by molar-refractivity contribution is 5.66. The molecule has 0 spiro atoms. The van der Waals surface area contributed by atoms with Crippen LogP contribution in [0, 0.1) is 0 Å². The summed E-state index contributed by atoms with van der Waals surface area (Å²) in [6.45, 7) is 2.26. The second-order valence-electron chi connectivity index (χ2n) is 6.47. The summed E-state index contributed by atoms with van der Waals surface area (Å²) >= 11 is 0. The number of unbranched alkanes of at least 4 members (excludes halogenated alkanes) is 10. The molecular formula is C19H38O3. The summed E-state index contributed by atoms with van der Waals surface area (Å²) in [6.07, 6.45) is 18.0. The molecule has 0 aliphatic carbocycles. The largest absolute Gasteiger partial charge is 0.481 e. The first-order valence-corrected chi connectivity index (χ1v) is 9.45. The SMILES string of the molecule is CCCCCCCCCC(CCCCCCCC(=O)O)OC. The normalized spacial score (nSPS) is 12.5.